The summed E-state index contributed by atoms with van der Waals surface area (Å²) in [5, 5.41) is 10.2. The minimum atomic E-state index is -0.132. The molecule has 2 rings (SSSR count). The second kappa shape index (κ2) is 3.90. The Morgan fingerprint density at radius 2 is 2.27 bits per heavy atom. The van der Waals surface area contributed by atoms with E-state index in [9.17, 15) is 0 Å². The Morgan fingerprint density at radius 1 is 1.47 bits per heavy atom. The SMILES string of the molecule is Cc1cscc1NC1=NC(C)N=C(N)N1. The van der Waals surface area contributed by atoms with E-state index >= 15 is 0 Å². The van der Waals surface area contributed by atoms with E-state index in [1.807, 2.05) is 19.2 Å². The number of aliphatic imine (C=N–C) groups is 2. The lowest BCUT2D eigenvalue weighted by Crippen LogP contribution is -2.44. The first-order valence-electron chi connectivity index (χ1n) is 4.63. The van der Waals surface area contributed by atoms with Crippen molar-refractivity contribution in [1.82, 2.24) is 5.32 Å². The number of guanidine groups is 2. The monoisotopic (exact) mass is 223 g/mol. The molecule has 80 valence electrons. The van der Waals surface area contributed by atoms with Crippen LogP contribution in [0.5, 0.6) is 0 Å². The van der Waals surface area contributed by atoms with Crippen LogP contribution >= 0.6 is 11.3 Å². The number of nitrogens with one attached hydrogen (secondary N) is 2. The molecule has 1 unspecified atom stereocenters. The van der Waals surface area contributed by atoms with Crippen molar-refractivity contribution in [1.29, 1.82) is 0 Å². The molecule has 15 heavy (non-hydrogen) atoms. The summed E-state index contributed by atoms with van der Waals surface area (Å²) in [6.07, 6.45) is -0.132. The maximum Gasteiger partial charge on any atom is 0.204 e. The number of anilines is 1. The van der Waals surface area contributed by atoms with Gasteiger partial charge in [-0.05, 0) is 24.8 Å². The molecule has 5 nitrogen and oxygen atoms in total. The van der Waals surface area contributed by atoms with Gasteiger partial charge in [-0.2, -0.15) is 0 Å². The first-order chi connectivity index (χ1) is 7.15. The lowest BCUT2D eigenvalue weighted by atomic mass is 10.3. The largest absolute Gasteiger partial charge is 0.370 e. The molecule has 0 bridgehead atoms. The zero-order valence-electron chi connectivity index (χ0n) is 8.61. The van der Waals surface area contributed by atoms with Crippen molar-refractivity contribution in [2.24, 2.45) is 15.7 Å². The highest BCUT2D eigenvalue weighted by molar-refractivity contribution is 7.08. The van der Waals surface area contributed by atoms with Crippen LogP contribution in [0.2, 0.25) is 0 Å². The molecule has 0 radical (unpaired) electrons. The minimum Gasteiger partial charge on any atom is -0.370 e. The lowest BCUT2D eigenvalue weighted by Gasteiger charge is -2.17. The fourth-order valence-electron chi connectivity index (χ4n) is 1.28. The fourth-order valence-corrected chi connectivity index (χ4v) is 2.06. The summed E-state index contributed by atoms with van der Waals surface area (Å²) in [5.41, 5.74) is 7.85. The van der Waals surface area contributed by atoms with Crippen LogP contribution in [-0.2, 0) is 0 Å². The van der Waals surface area contributed by atoms with Crippen LogP contribution in [0, 0.1) is 6.92 Å². The van der Waals surface area contributed by atoms with E-state index in [0.29, 0.717) is 11.9 Å². The number of thiophene rings is 1. The van der Waals surface area contributed by atoms with Gasteiger partial charge in [-0.25, -0.2) is 9.98 Å². The highest BCUT2D eigenvalue weighted by Crippen LogP contribution is 2.19. The lowest BCUT2D eigenvalue weighted by molar-refractivity contribution is 0.766. The molecule has 0 saturated heterocycles. The Morgan fingerprint density at radius 3 is 2.87 bits per heavy atom. The van der Waals surface area contributed by atoms with E-state index in [-0.39, 0.29) is 6.17 Å². The van der Waals surface area contributed by atoms with Crippen molar-refractivity contribution < 1.29 is 0 Å². The maximum atomic E-state index is 5.60. The predicted molar refractivity (Wildman–Crippen MR) is 64.3 cm³/mol. The molecule has 0 aromatic carbocycles. The van der Waals surface area contributed by atoms with Gasteiger partial charge in [-0.15, -0.1) is 11.3 Å². The topological polar surface area (TPSA) is 74.8 Å². The van der Waals surface area contributed by atoms with Crippen molar-refractivity contribution >= 4 is 28.9 Å². The van der Waals surface area contributed by atoms with Gasteiger partial charge in [0.15, 0.2) is 5.96 Å². The molecule has 4 N–H and O–H groups in total. The second-order valence-electron chi connectivity index (χ2n) is 3.34. The molecule has 1 aliphatic heterocycles. The van der Waals surface area contributed by atoms with E-state index in [2.05, 4.69) is 26.0 Å². The van der Waals surface area contributed by atoms with Gasteiger partial charge in [0, 0.05) is 5.38 Å². The Balaban J connectivity index is 2.11. The molecule has 1 aromatic rings. The van der Waals surface area contributed by atoms with E-state index in [0.717, 1.165) is 5.69 Å². The van der Waals surface area contributed by atoms with Gasteiger partial charge < -0.3 is 11.1 Å². The molecule has 6 heteroatoms. The van der Waals surface area contributed by atoms with Crippen LogP contribution in [0.25, 0.3) is 0 Å². The standard InChI is InChI=1S/C9H13N5S/c1-5-3-15-4-7(5)13-9-12-6(2)11-8(10)14-9/h3-4,6H,1-2H3,(H4,10,11,12,13,14). The smallest absolute Gasteiger partial charge is 0.204 e. The summed E-state index contributed by atoms with van der Waals surface area (Å²) in [4.78, 5) is 8.32. The van der Waals surface area contributed by atoms with Gasteiger partial charge in [0.2, 0.25) is 5.96 Å². The highest BCUT2D eigenvalue weighted by Gasteiger charge is 2.11. The first kappa shape index (κ1) is 9.97. The number of hydrogen-bond acceptors (Lipinski definition) is 6. The van der Waals surface area contributed by atoms with E-state index in [1.54, 1.807) is 11.3 Å². The Hall–Kier alpha value is -1.56. The average Bonchev–Trinajstić information content (AvgIpc) is 2.50. The fraction of sp³-hybridized carbons (Fsp3) is 0.333. The molecular formula is C9H13N5S. The quantitative estimate of drug-likeness (QED) is 0.667. The van der Waals surface area contributed by atoms with Crippen molar-refractivity contribution in [3.8, 4) is 0 Å². The Bertz CT molecular complexity index is 420. The van der Waals surface area contributed by atoms with Crippen LogP contribution in [0.3, 0.4) is 0 Å². The van der Waals surface area contributed by atoms with Crippen LogP contribution in [0.4, 0.5) is 5.69 Å². The first-order valence-corrected chi connectivity index (χ1v) is 5.57. The van der Waals surface area contributed by atoms with Crippen molar-refractivity contribution in [2.45, 2.75) is 20.0 Å². The molecular weight excluding hydrogens is 210 g/mol. The van der Waals surface area contributed by atoms with Gasteiger partial charge in [0.25, 0.3) is 0 Å². The molecule has 0 spiro atoms. The summed E-state index contributed by atoms with van der Waals surface area (Å²) in [6.45, 7) is 3.93. The molecule has 2 heterocycles. The molecule has 1 aliphatic rings. The minimum absolute atomic E-state index is 0.132. The summed E-state index contributed by atoms with van der Waals surface area (Å²) < 4.78 is 0. The third kappa shape index (κ3) is 2.27. The van der Waals surface area contributed by atoms with Crippen molar-refractivity contribution in [2.75, 3.05) is 5.32 Å². The number of hydrogen-bond donors (Lipinski definition) is 3. The van der Waals surface area contributed by atoms with Crippen molar-refractivity contribution in [3.05, 3.63) is 16.3 Å². The zero-order valence-corrected chi connectivity index (χ0v) is 9.43. The normalized spacial score (nSPS) is 20.3. The summed E-state index contributed by atoms with van der Waals surface area (Å²) >= 11 is 1.65. The van der Waals surface area contributed by atoms with E-state index in [1.165, 1.54) is 5.56 Å². The van der Waals surface area contributed by atoms with Crippen molar-refractivity contribution in [3.63, 3.8) is 0 Å². The molecule has 1 aromatic heterocycles. The average molecular weight is 223 g/mol. The Labute approximate surface area is 92.1 Å². The van der Waals surface area contributed by atoms with Crippen LogP contribution < -0.4 is 16.4 Å². The molecule has 1 atom stereocenters. The third-order valence-electron chi connectivity index (χ3n) is 2.00. The number of aryl methyl sites for hydroxylation is 1. The number of rotatable bonds is 1. The molecule has 0 saturated carbocycles. The summed E-state index contributed by atoms with van der Waals surface area (Å²) in [5.74, 6) is 1.05. The summed E-state index contributed by atoms with van der Waals surface area (Å²) in [6, 6.07) is 0. The molecule has 0 fully saturated rings. The van der Waals surface area contributed by atoms with Crippen LogP contribution in [0.15, 0.2) is 20.7 Å². The second-order valence-corrected chi connectivity index (χ2v) is 4.09. The molecule has 0 amide bonds. The zero-order chi connectivity index (χ0) is 10.8. The van der Waals surface area contributed by atoms with Crippen LogP contribution in [-0.4, -0.2) is 18.1 Å². The van der Waals surface area contributed by atoms with Crippen LogP contribution in [0.1, 0.15) is 12.5 Å². The third-order valence-corrected chi connectivity index (χ3v) is 2.86. The Kier molecular flexibility index (Phi) is 2.59. The van der Waals surface area contributed by atoms with Gasteiger partial charge in [-0.3, -0.25) is 5.32 Å². The molecule has 0 aliphatic carbocycles. The predicted octanol–water partition coefficient (Wildman–Crippen LogP) is 1.09. The van der Waals surface area contributed by atoms with E-state index in [4.69, 9.17) is 5.73 Å². The van der Waals surface area contributed by atoms with Gasteiger partial charge >= 0.3 is 0 Å². The van der Waals surface area contributed by atoms with Gasteiger partial charge in [0.1, 0.15) is 6.17 Å². The highest BCUT2D eigenvalue weighted by atomic mass is 32.1. The van der Waals surface area contributed by atoms with Gasteiger partial charge in [-0.1, -0.05) is 0 Å². The van der Waals surface area contributed by atoms with Gasteiger partial charge in [0.05, 0.1) is 5.69 Å². The summed E-state index contributed by atoms with van der Waals surface area (Å²) in [7, 11) is 0. The number of nitrogens with two attached hydrogens (primary N) is 1. The maximum absolute atomic E-state index is 5.60. The van der Waals surface area contributed by atoms with E-state index < -0.39 is 0 Å². The number of nitrogens with zero attached hydrogens (tertiary/aromatic N) is 2.